The molecular formula is C71H138O17P2. The van der Waals surface area contributed by atoms with Crippen molar-refractivity contribution in [1.29, 1.82) is 0 Å². The molecule has 0 aliphatic rings. The third-order valence-corrected chi connectivity index (χ3v) is 18.6. The summed E-state index contributed by atoms with van der Waals surface area (Å²) in [5, 5.41) is 10.6. The van der Waals surface area contributed by atoms with Gasteiger partial charge in [0.2, 0.25) is 0 Å². The van der Waals surface area contributed by atoms with E-state index >= 15 is 0 Å². The second-order valence-corrected chi connectivity index (χ2v) is 30.2. The molecule has 17 nitrogen and oxygen atoms in total. The number of carbonyl (C=O) groups excluding carboxylic acids is 4. The zero-order valence-electron chi connectivity index (χ0n) is 58.8. The molecule has 0 aromatic rings. The normalized spacial score (nSPS) is 14.6. The lowest BCUT2D eigenvalue weighted by Gasteiger charge is -2.21. The Labute approximate surface area is 549 Å². The monoisotopic (exact) mass is 1320 g/mol. The summed E-state index contributed by atoms with van der Waals surface area (Å²) < 4.78 is 68.3. The lowest BCUT2D eigenvalue weighted by Crippen LogP contribution is -2.30. The van der Waals surface area contributed by atoms with Gasteiger partial charge in [0, 0.05) is 25.7 Å². The van der Waals surface area contributed by atoms with Gasteiger partial charge in [-0.2, -0.15) is 0 Å². The van der Waals surface area contributed by atoms with E-state index in [0.29, 0.717) is 37.5 Å². The molecule has 0 bridgehead atoms. The number of phosphoric acid groups is 2. The van der Waals surface area contributed by atoms with Gasteiger partial charge in [0.1, 0.15) is 19.3 Å². The van der Waals surface area contributed by atoms with Gasteiger partial charge in [-0.15, -0.1) is 0 Å². The molecule has 0 amide bonds. The second-order valence-electron chi connectivity index (χ2n) is 27.3. The van der Waals surface area contributed by atoms with Crippen LogP contribution in [0.2, 0.25) is 0 Å². The van der Waals surface area contributed by atoms with Gasteiger partial charge in [0.15, 0.2) is 12.2 Å². The van der Waals surface area contributed by atoms with Crippen LogP contribution in [0.25, 0.3) is 0 Å². The minimum Gasteiger partial charge on any atom is -0.462 e. The molecule has 4 unspecified atom stereocenters. The Bertz CT molecular complexity index is 1780. The van der Waals surface area contributed by atoms with E-state index in [0.717, 1.165) is 108 Å². The van der Waals surface area contributed by atoms with Crippen molar-refractivity contribution in [3.63, 3.8) is 0 Å². The number of carbonyl (C=O) groups is 4. The molecule has 3 N–H and O–H groups in total. The van der Waals surface area contributed by atoms with Crippen LogP contribution in [0.4, 0.5) is 0 Å². The minimum absolute atomic E-state index is 0.103. The first-order chi connectivity index (χ1) is 43.1. The molecule has 0 saturated carbocycles. The van der Waals surface area contributed by atoms with E-state index in [1.807, 2.05) is 0 Å². The van der Waals surface area contributed by atoms with Crippen molar-refractivity contribution < 1.29 is 80.2 Å². The van der Waals surface area contributed by atoms with Crippen LogP contribution >= 0.6 is 15.6 Å². The Morgan fingerprint density at radius 2 is 0.533 bits per heavy atom. The summed E-state index contributed by atoms with van der Waals surface area (Å²) in [6.45, 7) is 14.1. The van der Waals surface area contributed by atoms with Crippen molar-refractivity contribution in [2.45, 2.75) is 369 Å². The third-order valence-electron chi connectivity index (χ3n) is 16.7. The molecule has 0 heterocycles. The van der Waals surface area contributed by atoms with Crippen molar-refractivity contribution >= 4 is 39.5 Å². The number of aliphatic hydroxyl groups excluding tert-OH is 1. The van der Waals surface area contributed by atoms with E-state index in [-0.39, 0.29) is 25.7 Å². The van der Waals surface area contributed by atoms with Crippen molar-refractivity contribution in [2.75, 3.05) is 39.6 Å². The number of unbranched alkanes of at least 4 members (excludes halogenated alkanes) is 33. The third kappa shape index (κ3) is 63.5. The van der Waals surface area contributed by atoms with Crippen molar-refractivity contribution in [1.82, 2.24) is 0 Å². The molecular weight excluding hydrogens is 1190 g/mol. The van der Waals surface area contributed by atoms with E-state index in [4.69, 9.17) is 37.0 Å². The molecule has 0 aliphatic heterocycles. The highest BCUT2D eigenvalue weighted by molar-refractivity contribution is 7.47. The van der Waals surface area contributed by atoms with Crippen LogP contribution in [0.15, 0.2) is 0 Å². The molecule has 90 heavy (non-hydrogen) atoms. The molecule has 0 saturated heterocycles. The molecule has 0 radical (unpaired) electrons. The zero-order chi connectivity index (χ0) is 66.8. The van der Waals surface area contributed by atoms with E-state index in [1.165, 1.54) is 148 Å². The highest BCUT2D eigenvalue weighted by Crippen LogP contribution is 2.45. The summed E-state index contributed by atoms with van der Waals surface area (Å²) in [5.74, 6) is 0.856. The van der Waals surface area contributed by atoms with Crippen LogP contribution in [0, 0.1) is 23.7 Å². The van der Waals surface area contributed by atoms with Crippen LogP contribution < -0.4 is 0 Å². The van der Waals surface area contributed by atoms with Crippen LogP contribution in [-0.2, 0) is 65.4 Å². The van der Waals surface area contributed by atoms with Gasteiger partial charge >= 0.3 is 39.5 Å². The fraction of sp³-hybridized carbons (Fsp3) is 0.944. The molecule has 19 heteroatoms. The maximum atomic E-state index is 13.0. The fourth-order valence-corrected chi connectivity index (χ4v) is 12.2. The Balaban J connectivity index is 5.19. The van der Waals surface area contributed by atoms with Crippen LogP contribution in [0.5, 0.6) is 0 Å². The summed E-state index contributed by atoms with van der Waals surface area (Å²) >= 11 is 0. The molecule has 0 spiro atoms. The van der Waals surface area contributed by atoms with Gasteiger partial charge in [-0.05, 0) is 49.4 Å². The van der Waals surface area contributed by atoms with Crippen LogP contribution in [0.3, 0.4) is 0 Å². The Hall–Kier alpha value is -1.94. The van der Waals surface area contributed by atoms with E-state index in [2.05, 4.69) is 55.4 Å². The first kappa shape index (κ1) is 88.1. The molecule has 0 aromatic carbocycles. The SMILES string of the molecule is CCC(C)CCCCCCCCCCCCCCCCC(=O)OC[C@H](COP(=O)(O)OCC(O)COP(=O)(O)OC[C@@H](COC(=O)CCCCCCCCCC(C)C)OC(=O)CCCCCCCCCCCC(C)C)OC(=O)CCCCCCCCCC(C)C. The maximum absolute atomic E-state index is 13.0. The lowest BCUT2D eigenvalue weighted by atomic mass is 9.99. The number of hydrogen-bond donors (Lipinski definition) is 3. The number of aliphatic hydroxyl groups is 1. The smallest absolute Gasteiger partial charge is 0.462 e. The predicted octanol–water partition coefficient (Wildman–Crippen LogP) is 20.1. The molecule has 0 rings (SSSR count). The maximum Gasteiger partial charge on any atom is 0.472 e. The average molecular weight is 1330 g/mol. The Morgan fingerprint density at radius 3 is 0.789 bits per heavy atom. The minimum atomic E-state index is -4.95. The average Bonchev–Trinajstić information content (AvgIpc) is 3.69. The zero-order valence-corrected chi connectivity index (χ0v) is 60.6. The van der Waals surface area contributed by atoms with Gasteiger partial charge in [-0.1, -0.05) is 299 Å². The molecule has 0 aromatic heterocycles. The topological polar surface area (TPSA) is 237 Å². The van der Waals surface area contributed by atoms with Gasteiger partial charge < -0.3 is 33.8 Å². The Morgan fingerprint density at radius 1 is 0.311 bits per heavy atom. The van der Waals surface area contributed by atoms with Crippen molar-refractivity contribution in [3.8, 4) is 0 Å². The predicted molar refractivity (Wildman–Crippen MR) is 363 cm³/mol. The second kappa shape index (κ2) is 60.7. The molecule has 0 fully saturated rings. The molecule has 0 aliphatic carbocycles. The number of hydrogen-bond acceptors (Lipinski definition) is 15. The standard InChI is InChI=1S/C71H138O17P2/c1-9-64(8)50-42-34-26-18-14-12-10-11-13-15-19-27-35-43-51-68(73)81-57-67(88-71(76)54-46-38-30-22-25-33-41-49-63(6)7)60-86-90(79,80)84-56-65(72)55-83-89(77,78)85-59-66(58-82-69(74)52-44-36-29-21-24-32-40-48-62(4)5)87-70(75)53-45-37-28-20-16-17-23-31-39-47-61(2)3/h61-67,72H,9-60H2,1-8H3,(H,77,78)(H,79,80)/t64?,65?,66-,67-/m1/s1. The summed E-state index contributed by atoms with van der Waals surface area (Å²) in [6, 6.07) is 0. The van der Waals surface area contributed by atoms with Gasteiger partial charge in [0.25, 0.3) is 0 Å². The summed E-state index contributed by atoms with van der Waals surface area (Å²) in [5.41, 5.74) is 0. The summed E-state index contributed by atoms with van der Waals surface area (Å²) in [6.07, 6.45) is 43.2. The number of ether oxygens (including phenoxy) is 4. The molecule has 534 valence electrons. The van der Waals surface area contributed by atoms with Gasteiger partial charge in [-0.3, -0.25) is 37.3 Å². The lowest BCUT2D eigenvalue weighted by molar-refractivity contribution is -0.161. The summed E-state index contributed by atoms with van der Waals surface area (Å²) in [4.78, 5) is 72.5. The number of phosphoric ester groups is 2. The number of rotatable bonds is 68. The van der Waals surface area contributed by atoms with Crippen molar-refractivity contribution in [2.24, 2.45) is 23.7 Å². The van der Waals surface area contributed by atoms with Crippen LogP contribution in [0.1, 0.15) is 351 Å². The first-order valence-corrected chi connectivity index (χ1v) is 39.7. The van der Waals surface area contributed by atoms with Crippen molar-refractivity contribution in [3.05, 3.63) is 0 Å². The first-order valence-electron chi connectivity index (χ1n) is 36.7. The summed E-state index contributed by atoms with van der Waals surface area (Å²) in [7, 11) is -9.90. The molecule has 6 atom stereocenters. The van der Waals surface area contributed by atoms with E-state index in [1.54, 1.807) is 0 Å². The number of esters is 4. The van der Waals surface area contributed by atoms with Gasteiger partial charge in [-0.25, -0.2) is 9.13 Å². The van der Waals surface area contributed by atoms with Gasteiger partial charge in [0.05, 0.1) is 26.4 Å². The van der Waals surface area contributed by atoms with Crippen LogP contribution in [-0.4, -0.2) is 96.7 Å². The largest absolute Gasteiger partial charge is 0.472 e. The fourth-order valence-electron chi connectivity index (χ4n) is 10.6. The van der Waals surface area contributed by atoms with E-state index < -0.39 is 97.5 Å². The van der Waals surface area contributed by atoms with E-state index in [9.17, 15) is 43.2 Å². The highest BCUT2D eigenvalue weighted by atomic mass is 31.2. The highest BCUT2D eigenvalue weighted by Gasteiger charge is 2.30. The quantitative estimate of drug-likeness (QED) is 0.0222. The Kier molecular flexibility index (Phi) is 59.4.